The van der Waals surface area contributed by atoms with Gasteiger partial charge >= 0.3 is 98.8 Å². The molecule has 0 aromatic heterocycles. The van der Waals surface area contributed by atoms with Crippen molar-refractivity contribution in [2.45, 2.75) is 26.5 Å². The summed E-state index contributed by atoms with van der Waals surface area (Å²) in [4.78, 5) is -3.52. The van der Waals surface area contributed by atoms with Crippen LogP contribution in [0, 0.1) is 6.92 Å². The number of hydrogen-bond donors (Lipinski definition) is 2. The summed E-state index contributed by atoms with van der Waals surface area (Å²) >= 11 is 0. The van der Waals surface area contributed by atoms with Crippen LogP contribution in [0.4, 0.5) is 22.7 Å². The Labute approximate surface area is 387 Å². The van der Waals surface area contributed by atoms with Crippen LogP contribution in [0.15, 0.2) is 133 Å². The van der Waals surface area contributed by atoms with E-state index in [2.05, 4.69) is 15.5 Å². The van der Waals surface area contributed by atoms with Crippen molar-refractivity contribution in [3.8, 4) is 11.5 Å². The molecular formula is C33H22N3Na3O13S4. The number of azo groups is 1. The molecule has 6 rings (SSSR count). The Kier molecular flexibility index (Phi) is 15.6. The van der Waals surface area contributed by atoms with Crippen LogP contribution in [-0.2, 0) is 40.5 Å². The molecule has 274 valence electrons. The van der Waals surface area contributed by atoms with Gasteiger partial charge < -0.3 is 23.7 Å². The molecule has 0 aliphatic heterocycles. The second-order valence-electron chi connectivity index (χ2n) is 11.3. The van der Waals surface area contributed by atoms with Crippen molar-refractivity contribution in [1.82, 2.24) is 0 Å². The molecule has 0 heterocycles. The first kappa shape index (κ1) is 47.9. The minimum absolute atomic E-state index is 0. The van der Waals surface area contributed by atoms with Gasteiger partial charge in [0.25, 0.3) is 10.1 Å². The standard InChI is InChI=1S/C33H25N3O13S4.3Na/c1-19-7-9-21(10-8-19)53(47,48)49-31-18-23(51(41,42)43)16-27-25(31)12-14-29(33(27)52(44,45)46)35-36-32-26-15-22(50(38,39)40)17-30(37)24(26)11-13-28(32)34-20-5-3-2-4-6-20;;;/h2-18,34,37H,1H3,(H,38,39,40)(H,41,42,43)(H,44,45,46);;;/q;3*+1/p-3. The monoisotopic (exact) mass is 865 g/mol. The molecule has 56 heavy (non-hydrogen) atoms. The number of para-hydroxylation sites is 1. The van der Waals surface area contributed by atoms with Crippen molar-refractivity contribution in [1.29, 1.82) is 0 Å². The van der Waals surface area contributed by atoms with Crippen molar-refractivity contribution in [2.24, 2.45) is 10.2 Å². The van der Waals surface area contributed by atoms with Crippen LogP contribution in [-0.4, -0.2) is 47.3 Å². The second kappa shape index (κ2) is 18.2. The van der Waals surface area contributed by atoms with Gasteiger partial charge in [0.05, 0.1) is 15.5 Å². The fraction of sp³-hybridized carbons (Fsp3) is 0.0303. The number of nitrogens with zero attached hydrogens (tertiary/aromatic N) is 2. The Morgan fingerprint density at radius 2 is 1.20 bits per heavy atom. The summed E-state index contributed by atoms with van der Waals surface area (Å²) in [6.45, 7) is 1.69. The maximum absolute atomic E-state index is 13.2. The number of aryl methyl sites for hydroxylation is 1. The van der Waals surface area contributed by atoms with E-state index in [1.807, 2.05) is 0 Å². The number of anilines is 2. The van der Waals surface area contributed by atoms with Crippen LogP contribution >= 0.6 is 0 Å². The smallest absolute Gasteiger partial charge is 0.872 e. The fourth-order valence-corrected chi connectivity index (χ4v) is 8.05. The molecule has 0 unspecified atom stereocenters. The summed E-state index contributed by atoms with van der Waals surface area (Å²) in [5.74, 6) is -1.66. The quantitative estimate of drug-likeness (QED) is 0.0583. The summed E-state index contributed by atoms with van der Waals surface area (Å²) in [6, 6.07) is 21.0. The summed E-state index contributed by atoms with van der Waals surface area (Å²) in [7, 11) is -20.7. The number of fused-ring (bicyclic) bond motifs is 2. The van der Waals surface area contributed by atoms with E-state index in [-0.39, 0.29) is 116 Å². The molecule has 0 spiro atoms. The van der Waals surface area contributed by atoms with Gasteiger partial charge in [-0.05, 0) is 66.9 Å². The van der Waals surface area contributed by atoms with Crippen molar-refractivity contribution >= 4 is 84.8 Å². The van der Waals surface area contributed by atoms with Gasteiger partial charge in [0.15, 0.2) is 5.75 Å². The van der Waals surface area contributed by atoms with Gasteiger partial charge in [-0.3, -0.25) is 4.55 Å². The van der Waals surface area contributed by atoms with E-state index in [9.17, 15) is 52.4 Å². The fourth-order valence-electron chi connectivity index (χ4n) is 5.27. The predicted molar refractivity (Wildman–Crippen MR) is 186 cm³/mol. The molecular weight excluding hydrogens is 844 g/mol. The van der Waals surface area contributed by atoms with Gasteiger partial charge in [-0.1, -0.05) is 53.8 Å². The number of hydrogen-bond acceptors (Lipinski definition) is 15. The van der Waals surface area contributed by atoms with Gasteiger partial charge in [-0.15, -0.1) is 10.2 Å². The zero-order valence-electron chi connectivity index (χ0n) is 29.7. The van der Waals surface area contributed by atoms with Crippen LogP contribution in [0.5, 0.6) is 11.5 Å². The molecule has 0 saturated carbocycles. The van der Waals surface area contributed by atoms with Crippen molar-refractivity contribution in [3.05, 3.63) is 109 Å². The maximum atomic E-state index is 13.2. The van der Waals surface area contributed by atoms with Crippen LogP contribution in [0.25, 0.3) is 21.5 Å². The molecule has 16 nitrogen and oxygen atoms in total. The molecule has 0 radical (unpaired) electrons. The third-order valence-electron chi connectivity index (χ3n) is 7.70. The molecule has 0 aliphatic rings. The largest absolute Gasteiger partial charge is 1.00 e. The average molecular weight is 866 g/mol. The minimum atomic E-state index is -5.42. The molecule has 2 N–H and O–H groups in total. The minimum Gasteiger partial charge on any atom is -0.872 e. The first-order valence-electron chi connectivity index (χ1n) is 14.8. The number of benzene rings is 6. The Morgan fingerprint density at radius 3 is 1.79 bits per heavy atom. The third kappa shape index (κ3) is 10.6. The van der Waals surface area contributed by atoms with Crippen LogP contribution < -0.4 is 103 Å². The summed E-state index contributed by atoms with van der Waals surface area (Å²) in [5, 5.41) is 22.5. The molecule has 0 atom stereocenters. The van der Waals surface area contributed by atoms with E-state index in [0.717, 1.165) is 18.2 Å². The molecule has 0 bridgehead atoms. The van der Waals surface area contributed by atoms with Gasteiger partial charge in [0, 0.05) is 27.9 Å². The molecule has 0 saturated heterocycles. The molecule has 23 heteroatoms. The van der Waals surface area contributed by atoms with Crippen LogP contribution in [0.1, 0.15) is 5.56 Å². The first-order chi connectivity index (χ1) is 24.7. The SMILES string of the molecule is Cc1ccc(S(=O)(=O)Oc2cc(S(=O)(=O)[O-])cc3c(S(=O)(=O)O)c(N=Nc4c(Nc5ccccc5)ccc5c([O-])cc(S(=O)(=O)[O-])cc45)ccc23)cc1.[Na+].[Na+].[Na+]. The van der Waals surface area contributed by atoms with Crippen molar-refractivity contribution in [3.63, 3.8) is 0 Å². The van der Waals surface area contributed by atoms with E-state index in [0.29, 0.717) is 29.4 Å². The third-order valence-corrected chi connectivity index (χ3v) is 11.5. The van der Waals surface area contributed by atoms with Gasteiger partial charge in [-0.2, -0.15) is 16.8 Å². The normalized spacial score (nSPS) is 12.1. The number of rotatable bonds is 10. The Morgan fingerprint density at radius 1 is 0.625 bits per heavy atom. The first-order valence-corrected chi connectivity index (χ1v) is 20.4. The summed E-state index contributed by atoms with van der Waals surface area (Å²) in [6.07, 6.45) is 0. The molecule has 6 aromatic rings. The molecule has 0 amide bonds. The Hall–Kier alpha value is -2.48. The van der Waals surface area contributed by atoms with Crippen molar-refractivity contribution < 1.29 is 145 Å². The van der Waals surface area contributed by atoms with E-state index in [4.69, 9.17) is 4.18 Å². The average Bonchev–Trinajstić information content (AvgIpc) is 3.06. The van der Waals surface area contributed by atoms with Crippen molar-refractivity contribution in [2.75, 3.05) is 5.32 Å². The van der Waals surface area contributed by atoms with Crippen LogP contribution in [0.3, 0.4) is 0 Å². The van der Waals surface area contributed by atoms with Gasteiger partial charge in [-0.25, -0.2) is 16.8 Å². The Balaban J connectivity index is 0.00000280. The molecule has 0 aliphatic carbocycles. The van der Waals surface area contributed by atoms with Gasteiger partial charge in [0.1, 0.15) is 41.4 Å². The number of nitrogens with one attached hydrogen (secondary N) is 1. The summed E-state index contributed by atoms with van der Waals surface area (Å²) in [5.41, 5.74) is 0.286. The van der Waals surface area contributed by atoms with Gasteiger partial charge in [0.2, 0.25) is 0 Å². The molecule has 6 aromatic carbocycles. The molecule has 0 fully saturated rings. The van der Waals surface area contributed by atoms with E-state index < -0.39 is 83.1 Å². The predicted octanol–water partition coefficient (Wildman–Crippen LogP) is -3.63. The maximum Gasteiger partial charge on any atom is 1.00 e. The zero-order chi connectivity index (χ0) is 38.5. The van der Waals surface area contributed by atoms with Crippen LogP contribution in [0.2, 0.25) is 0 Å². The zero-order valence-corrected chi connectivity index (χ0v) is 39.0. The second-order valence-corrected chi connectivity index (χ2v) is 17.0. The Bertz CT molecular complexity index is 2950. The van der Waals surface area contributed by atoms with E-state index in [1.54, 1.807) is 37.3 Å². The van der Waals surface area contributed by atoms with E-state index >= 15 is 0 Å². The summed E-state index contributed by atoms with van der Waals surface area (Å²) < 4.78 is 140. The topological polar surface area (TPSA) is 272 Å². The van der Waals surface area contributed by atoms with E-state index in [1.165, 1.54) is 36.4 Å².